The molecule has 5 rings (SSSR count). The van der Waals surface area contributed by atoms with Crippen LogP contribution in [0.3, 0.4) is 0 Å². The molecule has 2 aliphatic heterocycles. The van der Waals surface area contributed by atoms with Crippen LogP contribution in [0.2, 0.25) is 0 Å². The van der Waals surface area contributed by atoms with Crippen LogP contribution in [0.5, 0.6) is 17.2 Å². The zero-order valence-electron chi connectivity index (χ0n) is 22.2. The number of halogens is 1. The van der Waals surface area contributed by atoms with E-state index in [1.807, 2.05) is 12.1 Å². The van der Waals surface area contributed by atoms with Crippen molar-refractivity contribution < 1.29 is 23.4 Å². The van der Waals surface area contributed by atoms with Crippen LogP contribution in [-0.2, 0) is 11.2 Å². The molecule has 1 amide bonds. The Morgan fingerprint density at radius 3 is 2.38 bits per heavy atom. The first-order valence-electron chi connectivity index (χ1n) is 12.7. The third-order valence-corrected chi connectivity index (χ3v) is 6.96. The Balaban J connectivity index is 1.42. The van der Waals surface area contributed by atoms with Gasteiger partial charge in [-0.15, -0.1) is 0 Å². The maximum absolute atomic E-state index is 14.2. The highest BCUT2D eigenvalue weighted by molar-refractivity contribution is 6.54. The Labute approximate surface area is 226 Å². The number of benzene rings is 2. The van der Waals surface area contributed by atoms with Crippen LogP contribution in [0, 0.1) is 5.82 Å². The number of piperidine rings is 1. The van der Waals surface area contributed by atoms with Crippen molar-refractivity contribution in [2.45, 2.75) is 25.7 Å². The quantitative estimate of drug-likeness (QED) is 0.465. The number of fused-ring (bicyclic) bond motifs is 1. The molecule has 1 aromatic heterocycles. The Hall–Kier alpha value is -4.25. The highest BCUT2D eigenvalue weighted by atomic mass is 19.1. The van der Waals surface area contributed by atoms with E-state index < -0.39 is 5.82 Å². The summed E-state index contributed by atoms with van der Waals surface area (Å²) in [4.78, 5) is 30.4. The Morgan fingerprint density at radius 2 is 1.74 bits per heavy atom. The van der Waals surface area contributed by atoms with Crippen molar-refractivity contribution in [1.29, 1.82) is 0 Å². The SMILES string of the molecule is COc1cc(Cc2cnc(/N=C3\C(=O)N(CN4CCCCC4)c4ccc(F)cc43)nc2N)cc(OC)c1OC. The minimum absolute atomic E-state index is 0.0273. The van der Waals surface area contributed by atoms with Gasteiger partial charge in [0.25, 0.3) is 11.9 Å². The van der Waals surface area contributed by atoms with E-state index in [4.69, 9.17) is 19.9 Å². The molecule has 11 heteroatoms. The van der Waals surface area contributed by atoms with Crippen molar-refractivity contribution >= 4 is 29.1 Å². The minimum Gasteiger partial charge on any atom is -0.493 e. The number of rotatable bonds is 8. The summed E-state index contributed by atoms with van der Waals surface area (Å²) in [5.74, 6) is 1.02. The number of aliphatic imine (C=N–C) groups is 1. The van der Waals surface area contributed by atoms with Gasteiger partial charge in [0.1, 0.15) is 17.3 Å². The number of amides is 1. The molecule has 1 fully saturated rings. The van der Waals surface area contributed by atoms with Crippen LogP contribution in [0.25, 0.3) is 0 Å². The van der Waals surface area contributed by atoms with Gasteiger partial charge in [0.15, 0.2) is 11.5 Å². The molecular weight excluding hydrogens is 503 g/mol. The lowest BCUT2D eigenvalue weighted by molar-refractivity contribution is -0.112. The van der Waals surface area contributed by atoms with Crippen molar-refractivity contribution in [2.75, 3.05) is 51.7 Å². The summed E-state index contributed by atoms with van der Waals surface area (Å²) in [5, 5.41) is 0. The van der Waals surface area contributed by atoms with E-state index >= 15 is 0 Å². The minimum atomic E-state index is -0.449. The van der Waals surface area contributed by atoms with Gasteiger partial charge in [0.05, 0.1) is 33.7 Å². The zero-order valence-corrected chi connectivity index (χ0v) is 22.2. The number of aromatic nitrogens is 2. The highest BCUT2D eigenvalue weighted by Crippen LogP contribution is 2.39. The first-order valence-corrected chi connectivity index (χ1v) is 12.7. The van der Waals surface area contributed by atoms with Crippen molar-refractivity contribution in [2.24, 2.45) is 4.99 Å². The van der Waals surface area contributed by atoms with E-state index in [0.717, 1.165) is 31.5 Å². The van der Waals surface area contributed by atoms with E-state index in [-0.39, 0.29) is 23.4 Å². The molecular formula is C28H31FN6O4. The number of nitrogen functional groups attached to an aromatic ring is 1. The second-order valence-electron chi connectivity index (χ2n) is 9.47. The number of carbonyl (C=O) groups is 1. The average molecular weight is 535 g/mol. The number of likely N-dealkylation sites (tertiary alicyclic amines) is 1. The van der Waals surface area contributed by atoms with Crippen LogP contribution in [-0.4, -0.2) is 67.6 Å². The van der Waals surface area contributed by atoms with Crippen LogP contribution >= 0.6 is 0 Å². The number of hydrogen-bond acceptors (Lipinski definition) is 9. The smallest absolute Gasteiger partial charge is 0.278 e. The van der Waals surface area contributed by atoms with Crippen molar-refractivity contribution in [3.8, 4) is 17.2 Å². The van der Waals surface area contributed by atoms with Gasteiger partial charge >= 0.3 is 0 Å². The fourth-order valence-corrected chi connectivity index (χ4v) is 4.99. The number of nitrogens with two attached hydrogens (primary N) is 1. The summed E-state index contributed by atoms with van der Waals surface area (Å²) >= 11 is 0. The summed E-state index contributed by atoms with van der Waals surface area (Å²) in [7, 11) is 4.64. The number of hydrogen-bond donors (Lipinski definition) is 1. The molecule has 3 aromatic rings. The van der Waals surface area contributed by atoms with E-state index in [9.17, 15) is 9.18 Å². The lowest BCUT2D eigenvalue weighted by Crippen LogP contribution is -2.43. The van der Waals surface area contributed by atoms with E-state index in [1.54, 1.807) is 38.5 Å². The van der Waals surface area contributed by atoms with Crippen LogP contribution in [0.4, 0.5) is 21.8 Å². The number of ether oxygens (including phenoxy) is 3. The Kier molecular flexibility index (Phi) is 7.60. The first-order chi connectivity index (χ1) is 18.9. The average Bonchev–Trinajstić information content (AvgIpc) is 3.19. The third-order valence-electron chi connectivity index (χ3n) is 6.96. The Morgan fingerprint density at radius 1 is 1.03 bits per heavy atom. The number of carbonyl (C=O) groups excluding carboxylic acids is 1. The van der Waals surface area contributed by atoms with Crippen LogP contribution < -0.4 is 24.8 Å². The lowest BCUT2D eigenvalue weighted by atomic mass is 10.1. The monoisotopic (exact) mass is 534 g/mol. The van der Waals surface area contributed by atoms with Gasteiger partial charge in [-0.3, -0.25) is 14.6 Å². The number of nitrogens with zero attached hydrogens (tertiary/aromatic N) is 5. The maximum Gasteiger partial charge on any atom is 0.278 e. The topological polar surface area (TPSA) is 115 Å². The van der Waals surface area contributed by atoms with Gasteiger partial charge in [0.2, 0.25) is 5.75 Å². The largest absolute Gasteiger partial charge is 0.493 e. The number of methoxy groups -OCH3 is 3. The van der Waals surface area contributed by atoms with Crippen LogP contribution in [0.15, 0.2) is 41.5 Å². The summed E-state index contributed by atoms with van der Waals surface area (Å²) in [6.45, 7) is 2.26. The molecule has 204 valence electrons. The lowest BCUT2D eigenvalue weighted by Gasteiger charge is -2.30. The molecule has 1 saturated heterocycles. The molecule has 0 radical (unpaired) electrons. The fourth-order valence-electron chi connectivity index (χ4n) is 4.99. The van der Waals surface area contributed by atoms with Crippen molar-refractivity contribution in [1.82, 2.24) is 14.9 Å². The van der Waals surface area contributed by atoms with Gasteiger partial charge in [-0.2, -0.15) is 4.98 Å². The Bertz CT molecular complexity index is 1400. The molecule has 0 atom stereocenters. The van der Waals surface area contributed by atoms with Gasteiger partial charge < -0.3 is 19.9 Å². The third kappa shape index (κ3) is 5.35. The molecule has 0 saturated carbocycles. The van der Waals surface area contributed by atoms with E-state index in [2.05, 4.69) is 19.9 Å². The first kappa shape index (κ1) is 26.4. The van der Waals surface area contributed by atoms with E-state index in [1.165, 1.54) is 18.6 Å². The summed E-state index contributed by atoms with van der Waals surface area (Å²) in [5.41, 5.74) is 8.92. The molecule has 39 heavy (non-hydrogen) atoms. The summed E-state index contributed by atoms with van der Waals surface area (Å²) in [6.07, 6.45) is 5.34. The predicted molar refractivity (Wildman–Crippen MR) is 146 cm³/mol. The predicted octanol–water partition coefficient (Wildman–Crippen LogP) is 3.73. The van der Waals surface area contributed by atoms with Gasteiger partial charge in [-0.25, -0.2) is 14.4 Å². The van der Waals surface area contributed by atoms with Crippen molar-refractivity contribution in [3.05, 3.63) is 59.0 Å². The summed E-state index contributed by atoms with van der Waals surface area (Å²) < 4.78 is 30.4. The standard InChI is InChI=1S/C28H31FN6O4/c1-37-22-12-17(13-23(38-2)25(22)39-3)11-18-15-31-28(33-26(18)30)32-24-20-14-19(29)7-8-21(20)35(27(24)36)16-34-9-5-4-6-10-34/h7-8,12-15H,4-6,9-11,16H2,1-3H3,(H2,30,31,33)/b32-24-. The van der Waals surface area contributed by atoms with Gasteiger partial charge in [-0.05, 0) is 61.8 Å². The second-order valence-corrected chi connectivity index (χ2v) is 9.47. The molecule has 10 nitrogen and oxygen atoms in total. The zero-order chi connectivity index (χ0) is 27.5. The highest BCUT2D eigenvalue weighted by Gasteiger charge is 2.35. The maximum atomic E-state index is 14.2. The fraction of sp³-hybridized carbons (Fsp3) is 0.357. The molecule has 0 spiro atoms. The molecule has 0 unspecified atom stereocenters. The van der Waals surface area contributed by atoms with E-state index in [0.29, 0.717) is 47.2 Å². The molecule has 2 aromatic carbocycles. The molecule has 2 aliphatic rings. The molecule has 0 bridgehead atoms. The molecule has 0 aliphatic carbocycles. The normalized spacial score (nSPS) is 16.5. The second kappa shape index (κ2) is 11.2. The van der Waals surface area contributed by atoms with Gasteiger partial charge in [-0.1, -0.05) is 6.42 Å². The molecule has 3 heterocycles. The number of anilines is 2. The van der Waals surface area contributed by atoms with Crippen molar-refractivity contribution in [3.63, 3.8) is 0 Å². The van der Waals surface area contributed by atoms with Crippen LogP contribution in [0.1, 0.15) is 36.0 Å². The van der Waals surface area contributed by atoms with Gasteiger partial charge in [0, 0.05) is 23.7 Å². The summed E-state index contributed by atoms with van der Waals surface area (Å²) in [6, 6.07) is 7.95. The molecule has 2 N–H and O–H groups in total.